The molecule has 80 valence electrons. The maximum absolute atomic E-state index is 5.78. The summed E-state index contributed by atoms with van der Waals surface area (Å²) in [5.41, 5.74) is 6.88. The van der Waals surface area contributed by atoms with E-state index in [1.807, 2.05) is 0 Å². The lowest BCUT2D eigenvalue weighted by atomic mass is 9.97. The van der Waals surface area contributed by atoms with E-state index in [2.05, 4.69) is 22.9 Å². The molecule has 2 aliphatic rings. The molecule has 1 saturated heterocycles. The van der Waals surface area contributed by atoms with Gasteiger partial charge in [-0.15, -0.1) is 0 Å². The van der Waals surface area contributed by atoms with Crippen molar-refractivity contribution >= 4 is 0 Å². The van der Waals surface area contributed by atoms with E-state index in [-0.39, 0.29) is 0 Å². The van der Waals surface area contributed by atoms with Crippen molar-refractivity contribution < 1.29 is 0 Å². The second-order valence-corrected chi connectivity index (χ2v) is 4.55. The second kappa shape index (κ2) is 4.32. The number of hydrogen-bond acceptors (Lipinski definition) is 3. The number of rotatable bonds is 1. The van der Waals surface area contributed by atoms with Crippen LogP contribution in [-0.2, 0) is 0 Å². The third-order valence-corrected chi connectivity index (χ3v) is 3.47. The molecule has 1 atom stereocenters. The predicted octanol–water partition coefficient (Wildman–Crippen LogP) is 0.629. The van der Waals surface area contributed by atoms with Crippen LogP contribution < -0.4 is 5.73 Å². The second-order valence-electron chi connectivity index (χ2n) is 4.55. The first kappa shape index (κ1) is 9.99. The zero-order chi connectivity index (χ0) is 9.97. The van der Waals surface area contributed by atoms with Gasteiger partial charge in [-0.3, -0.25) is 4.90 Å². The molecule has 0 amide bonds. The summed E-state index contributed by atoms with van der Waals surface area (Å²) < 4.78 is 0. The highest BCUT2D eigenvalue weighted by molar-refractivity contribution is 5.04. The average Bonchev–Trinajstić information content (AvgIpc) is 2.21. The minimum absolute atomic E-state index is 0.760. The lowest BCUT2D eigenvalue weighted by Crippen LogP contribution is -2.49. The van der Waals surface area contributed by atoms with E-state index >= 15 is 0 Å². The van der Waals surface area contributed by atoms with Crippen LogP contribution in [0, 0.1) is 0 Å². The molecule has 1 fully saturated rings. The third-order valence-electron chi connectivity index (χ3n) is 3.47. The molecule has 1 aliphatic heterocycles. The fourth-order valence-corrected chi connectivity index (χ4v) is 2.36. The summed E-state index contributed by atoms with van der Waals surface area (Å²) in [6.45, 7) is 4.90. The Morgan fingerprint density at radius 2 is 2.00 bits per heavy atom. The first-order valence-corrected chi connectivity index (χ1v) is 5.63. The van der Waals surface area contributed by atoms with Gasteiger partial charge < -0.3 is 10.6 Å². The van der Waals surface area contributed by atoms with Crippen LogP contribution >= 0.6 is 0 Å². The molecule has 0 saturated carbocycles. The Morgan fingerprint density at radius 3 is 2.57 bits per heavy atom. The van der Waals surface area contributed by atoms with Gasteiger partial charge in [0.1, 0.15) is 0 Å². The molecule has 3 nitrogen and oxygen atoms in total. The molecule has 0 unspecified atom stereocenters. The van der Waals surface area contributed by atoms with Gasteiger partial charge in [-0.25, -0.2) is 0 Å². The number of nitrogens with zero attached hydrogens (tertiary/aromatic N) is 2. The Morgan fingerprint density at radius 1 is 1.29 bits per heavy atom. The summed E-state index contributed by atoms with van der Waals surface area (Å²) in [6.07, 6.45) is 5.73. The maximum Gasteiger partial charge on any atom is 0.0135 e. The zero-order valence-electron chi connectivity index (χ0n) is 9.08. The minimum Gasteiger partial charge on any atom is -0.402 e. The standard InChI is InChI=1S/C11H21N3/c1-13-6-8-14(9-7-13)11-4-2-10(12)3-5-11/h2,11H,3-9,12H2,1H3/t11-/m0/s1. The van der Waals surface area contributed by atoms with Crippen molar-refractivity contribution in [2.75, 3.05) is 33.2 Å². The Kier molecular flexibility index (Phi) is 3.08. The average molecular weight is 195 g/mol. The summed E-state index contributed by atoms with van der Waals surface area (Å²) >= 11 is 0. The number of piperazine rings is 1. The molecule has 1 heterocycles. The van der Waals surface area contributed by atoms with E-state index < -0.39 is 0 Å². The molecule has 2 N–H and O–H groups in total. The Hall–Kier alpha value is -0.540. The molecule has 0 aromatic carbocycles. The summed E-state index contributed by atoms with van der Waals surface area (Å²) in [4.78, 5) is 5.03. The molecular formula is C11H21N3. The van der Waals surface area contributed by atoms with Gasteiger partial charge in [0.25, 0.3) is 0 Å². The van der Waals surface area contributed by atoms with E-state index in [0.29, 0.717) is 0 Å². The molecule has 0 bridgehead atoms. The SMILES string of the molecule is CN1CCN([C@H]2CC=C(N)CC2)CC1. The van der Waals surface area contributed by atoms with Crippen LogP contribution in [0.15, 0.2) is 11.8 Å². The normalized spacial score (nSPS) is 31.5. The van der Waals surface area contributed by atoms with Crippen LogP contribution in [0.25, 0.3) is 0 Å². The molecule has 0 spiro atoms. The smallest absolute Gasteiger partial charge is 0.0135 e. The maximum atomic E-state index is 5.78. The molecule has 3 heteroatoms. The summed E-state index contributed by atoms with van der Waals surface area (Å²) in [7, 11) is 2.20. The van der Waals surface area contributed by atoms with Gasteiger partial charge in [0.15, 0.2) is 0 Å². The van der Waals surface area contributed by atoms with Crippen molar-refractivity contribution in [2.45, 2.75) is 25.3 Å². The molecule has 0 radical (unpaired) electrons. The van der Waals surface area contributed by atoms with Gasteiger partial charge in [0.05, 0.1) is 0 Å². The molecule has 0 aromatic heterocycles. The van der Waals surface area contributed by atoms with E-state index in [1.54, 1.807) is 0 Å². The van der Waals surface area contributed by atoms with Gasteiger partial charge in [-0.05, 0) is 26.3 Å². The molecule has 2 rings (SSSR count). The van der Waals surface area contributed by atoms with Crippen molar-refractivity contribution in [2.24, 2.45) is 5.73 Å². The largest absolute Gasteiger partial charge is 0.402 e. The van der Waals surface area contributed by atoms with Crippen LogP contribution in [0.5, 0.6) is 0 Å². The van der Waals surface area contributed by atoms with Crippen molar-refractivity contribution in [1.29, 1.82) is 0 Å². The first-order chi connectivity index (χ1) is 6.75. The van der Waals surface area contributed by atoms with Crippen LogP contribution in [0.4, 0.5) is 0 Å². The van der Waals surface area contributed by atoms with Crippen molar-refractivity contribution in [3.8, 4) is 0 Å². The van der Waals surface area contributed by atoms with Crippen LogP contribution in [-0.4, -0.2) is 49.1 Å². The summed E-state index contributed by atoms with van der Waals surface area (Å²) in [5.74, 6) is 0. The predicted molar refractivity (Wildman–Crippen MR) is 59.0 cm³/mol. The number of nitrogens with two attached hydrogens (primary N) is 1. The summed E-state index contributed by atoms with van der Waals surface area (Å²) in [5, 5.41) is 0. The lowest BCUT2D eigenvalue weighted by molar-refractivity contribution is 0.105. The third kappa shape index (κ3) is 2.28. The molecule has 1 aliphatic carbocycles. The van der Waals surface area contributed by atoms with Gasteiger partial charge in [-0.1, -0.05) is 6.08 Å². The fourth-order valence-electron chi connectivity index (χ4n) is 2.36. The Balaban J connectivity index is 1.84. The first-order valence-electron chi connectivity index (χ1n) is 5.63. The number of likely N-dealkylation sites (N-methyl/N-ethyl adjacent to an activating group) is 1. The quantitative estimate of drug-likeness (QED) is 0.666. The highest BCUT2D eigenvalue weighted by Gasteiger charge is 2.23. The van der Waals surface area contributed by atoms with Crippen LogP contribution in [0.2, 0.25) is 0 Å². The van der Waals surface area contributed by atoms with Gasteiger partial charge in [0.2, 0.25) is 0 Å². The van der Waals surface area contributed by atoms with Crippen LogP contribution in [0.3, 0.4) is 0 Å². The molecular weight excluding hydrogens is 174 g/mol. The molecule has 14 heavy (non-hydrogen) atoms. The van der Waals surface area contributed by atoms with Gasteiger partial charge >= 0.3 is 0 Å². The molecule has 0 aromatic rings. The number of hydrogen-bond donors (Lipinski definition) is 1. The minimum atomic E-state index is 0.760. The number of allylic oxidation sites excluding steroid dienone is 1. The van der Waals surface area contributed by atoms with E-state index in [1.165, 1.54) is 32.6 Å². The van der Waals surface area contributed by atoms with E-state index in [0.717, 1.165) is 24.6 Å². The van der Waals surface area contributed by atoms with Gasteiger partial charge in [0, 0.05) is 37.9 Å². The van der Waals surface area contributed by atoms with E-state index in [9.17, 15) is 0 Å². The van der Waals surface area contributed by atoms with Crippen molar-refractivity contribution in [3.63, 3.8) is 0 Å². The monoisotopic (exact) mass is 195 g/mol. The summed E-state index contributed by atoms with van der Waals surface area (Å²) in [6, 6.07) is 0.760. The highest BCUT2D eigenvalue weighted by atomic mass is 15.3. The van der Waals surface area contributed by atoms with Crippen LogP contribution in [0.1, 0.15) is 19.3 Å². The van der Waals surface area contributed by atoms with Crippen molar-refractivity contribution in [1.82, 2.24) is 9.80 Å². The lowest BCUT2D eigenvalue weighted by Gasteiger charge is -2.39. The Labute approximate surface area is 86.5 Å². The highest BCUT2D eigenvalue weighted by Crippen LogP contribution is 2.20. The fraction of sp³-hybridized carbons (Fsp3) is 0.818. The van der Waals surface area contributed by atoms with Gasteiger partial charge in [-0.2, -0.15) is 0 Å². The topological polar surface area (TPSA) is 32.5 Å². The van der Waals surface area contributed by atoms with E-state index in [4.69, 9.17) is 5.73 Å². The Bertz CT molecular complexity index is 217. The zero-order valence-corrected chi connectivity index (χ0v) is 9.08. The van der Waals surface area contributed by atoms with Crippen molar-refractivity contribution in [3.05, 3.63) is 11.8 Å².